The van der Waals surface area contributed by atoms with Gasteiger partial charge in [-0.25, -0.2) is 14.5 Å². The third-order valence-electron chi connectivity index (χ3n) is 3.33. The van der Waals surface area contributed by atoms with Crippen LogP contribution in [0.1, 0.15) is 47.9 Å². The van der Waals surface area contributed by atoms with Crippen molar-refractivity contribution in [1.29, 1.82) is 0 Å². The van der Waals surface area contributed by atoms with Crippen molar-refractivity contribution in [1.82, 2.24) is 19.9 Å². The van der Waals surface area contributed by atoms with Gasteiger partial charge in [0.2, 0.25) is 11.1 Å². The van der Waals surface area contributed by atoms with Gasteiger partial charge in [0, 0.05) is 6.42 Å². The maximum absolute atomic E-state index is 12.1. The molecule has 0 radical (unpaired) electrons. The first-order chi connectivity index (χ1) is 12.5. The zero-order valence-electron chi connectivity index (χ0n) is 14.9. The number of carbonyl (C=O) groups excluding carboxylic acids is 2. The summed E-state index contributed by atoms with van der Waals surface area (Å²) in [5.41, 5.74) is 0.527. The van der Waals surface area contributed by atoms with E-state index >= 15 is 0 Å². The van der Waals surface area contributed by atoms with Crippen LogP contribution in [0.2, 0.25) is 0 Å². The van der Waals surface area contributed by atoms with Gasteiger partial charge in [-0.2, -0.15) is 0 Å². The predicted octanol–water partition coefficient (Wildman–Crippen LogP) is 2.01. The number of nitrogens with zero attached hydrogens (tertiary/aromatic N) is 4. The average Bonchev–Trinajstić information content (AvgIpc) is 3.14. The van der Waals surface area contributed by atoms with Crippen molar-refractivity contribution in [2.75, 3.05) is 23.5 Å². The van der Waals surface area contributed by atoms with Crippen LogP contribution in [0, 0.1) is 6.92 Å². The van der Waals surface area contributed by atoms with E-state index in [9.17, 15) is 9.59 Å². The summed E-state index contributed by atoms with van der Waals surface area (Å²) in [6.45, 7) is 5.80. The van der Waals surface area contributed by atoms with Gasteiger partial charge in [-0.1, -0.05) is 36.4 Å². The van der Waals surface area contributed by atoms with Crippen LogP contribution in [-0.4, -0.2) is 44.1 Å². The number of aromatic nitrogens is 4. The quantitative estimate of drug-likeness (QED) is 0.373. The van der Waals surface area contributed by atoms with E-state index in [4.69, 9.17) is 10.6 Å². The summed E-state index contributed by atoms with van der Waals surface area (Å²) in [6.07, 6.45) is 2.77. The van der Waals surface area contributed by atoms with E-state index in [-0.39, 0.29) is 18.3 Å². The van der Waals surface area contributed by atoms with E-state index in [0.29, 0.717) is 26.7 Å². The molecule has 26 heavy (non-hydrogen) atoms. The van der Waals surface area contributed by atoms with Crippen LogP contribution >= 0.6 is 23.1 Å². The van der Waals surface area contributed by atoms with E-state index < -0.39 is 5.97 Å². The van der Waals surface area contributed by atoms with Gasteiger partial charge in [-0.05, 0) is 20.3 Å². The maximum Gasteiger partial charge on any atom is 0.350 e. The van der Waals surface area contributed by atoms with Crippen molar-refractivity contribution in [2.24, 2.45) is 0 Å². The summed E-state index contributed by atoms with van der Waals surface area (Å²) in [5.74, 6) is 6.05. The second-order valence-electron chi connectivity index (χ2n) is 5.36. The summed E-state index contributed by atoms with van der Waals surface area (Å²) in [5, 5.41) is 11.6. The van der Waals surface area contributed by atoms with Crippen LogP contribution in [0.3, 0.4) is 0 Å². The van der Waals surface area contributed by atoms with Crippen molar-refractivity contribution >= 4 is 40.1 Å². The first-order valence-electron chi connectivity index (χ1n) is 8.22. The molecule has 0 saturated heterocycles. The second-order valence-corrected chi connectivity index (χ2v) is 7.30. The third-order valence-corrected chi connectivity index (χ3v) is 5.32. The fourth-order valence-electron chi connectivity index (χ4n) is 2.03. The number of carbonyl (C=O) groups is 2. The highest BCUT2D eigenvalue weighted by Crippen LogP contribution is 2.24. The second kappa shape index (κ2) is 9.53. The standard InChI is InChI=1S/C15H22N6O3S2/c1-4-6-7-10-19-20-15(21(10)16)25-8-11(22)18-14-17-9(3)12(26-14)13(23)24-5-2/h4-8,16H2,1-3H3,(H,17,18,22). The van der Waals surface area contributed by atoms with Crippen LogP contribution in [0.15, 0.2) is 5.16 Å². The number of thioether (sulfide) groups is 1. The smallest absolute Gasteiger partial charge is 0.350 e. The first kappa shape index (κ1) is 20.2. The van der Waals surface area contributed by atoms with Gasteiger partial charge in [-0.15, -0.1) is 10.2 Å². The van der Waals surface area contributed by atoms with E-state index in [1.54, 1.807) is 13.8 Å². The van der Waals surface area contributed by atoms with Crippen molar-refractivity contribution in [3.63, 3.8) is 0 Å². The number of nitrogens with two attached hydrogens (primary N) is 1. The molecule has 0 bridgehead atoms. The van der Waals surface area contributed by atoms with Crippen molar-refractivity contribution in [2.45, 2.75) is 45.2 Å². The minimum Gasteiger partial charge on any atom is -0.462 e. The van der Waals surface area contributed by atoms with Gasteiger partial charge in [0.1, 0.15) is 4.88 Å². The summed E-state index contributed by atoms with van der Waals surface area (Å²) < 4.78 is 6.38. The zero-order chi connectivity index (χ0) is 19.1. The molecule has 2 aromatic rings. The lowest BCUT2D eigenvalue weighted by Crippen LogP contribution is -2.17. The van der Waals surface area contributed by atoms with Crippen LogP contribution in [-0.2, 0) is 16.0 Å². The molecule has 0 aliphatic carbocycles. The SMILES string of the molecule is CCCCc1nnc(SCC(=O)Nc2nc(C)c(C(=O)OCC)s2)n1N. The minimum absolute atomic E-state index is 0.108. The van der Waals surface area contributed by atoms with Crippen LogP contribution in [0.5, 0.6) is 0 Å². The van der Waals surface area contributed by atoms with E-state index in [0.717, 1.165) is 30.6 Å². The molecule has 0 aliphatic rings. The van der Waals surface area contributed by atoms with E-state index in [2.05, 4.69) is 27.4 Å². The number of thiazole rings is 1. The molecule has 0 aliphatic heterocycles. The molecule has 11 heteroatoms. The Labute approximate surface area is 159 Å². The molecule has 2 aromatic heterocycles. The van der Waals surface area contributed by atoms with Gasteiger partial charge < -0.3 is 15.9 Å². The highest BCUT2D eigenvalue weighted by atomic mass is 32.2. The number of esters is 1. The monoisotopic (exact) mass is 398 g/mol. The Bertz CT molecular complexity index is 774. The third kappa shape index (κ3) is 5.18. The highest BCUT2D eigenvalue weighted by Gasteiger charge is 2.18. The number of anilines is 1. The number of amides is 1. The lowest BCUT2D eigenvalue weighted by atomic mass is 10.2. The Balaban J connectivity index is 1.90. The van der Waals surface area contributed by atoms with Gasteiger partial charge >= 0.3 is 5.97 Å². The number of rotatable bonds is 9. The Morgan fingerprint density at radius 1 is 1.35 bits per heavy atom. The Morgan fingerprint density at radius 3 is 2.81 bits per heavy atom. The predicted molar refractivity (Wildman–Crippen MR) is 101 cm³/mol. The molecular weight excluding hydrogens is 376 g/mol. The molecule has 0 saturated carbocycles. The molecule has 0 atom stereocenters. The Hall–Kier alpha value is -2.14. The molecule has 0 spiro atoms. The molecule has 0 fully saturated rings. The highest BCUT2D eigenvalue weighted by molar-refractivity contribution is 7.99. The molecule has 2 rings (SSSR count). The van der Waals surface area contributed by atoms with Gasteiger partial charge in [-0.3, -0.25) is 4.79 Å². The van der Waals surface area contributed by atoms with Crippen LogP contribution < -0.4 is 11.2 Å². The number of aryl methyl sites for hydroxylation is 2. The molecule has 0 unspecified atom stereocenters. The summed E-state index contributed by atoms with van der Waals surface area (Å²) in [7, 11) is 0. The Morgan fingerprint density at radius 2 is 2.12 bits per heavy atom. The number of unbranched alkanes of at least 4 members (excludes halogenated alkanes) is 1. The van der Waals surface area contributed by atoms with E-state index in [1.807, 2.05) is 0 Å². The normalized spacial score (nSPS) is 10.7. The van der Waals surface area contributed by atoms with Crippen molar-refractivity contribution in [3.05, 3.63) is 16.4 Å². The molecule has 3 N–H and O–H groups in total. The first-order valence-corrected chi connectivity index (χ1v) is 10.0. The molecular formula is C15H22N6O3S2. The average molecular weight is 399 g/mol. The fraction of sp³-hybridized carbons (Fsp3) is 0.533. The molecule has 2 heterocycles. The van der Waals surface area contributed by atoms with Gasteiger partial charge in [0.15, 0.2) is 11.0 Å². The van der Waals surface area contributed by atoms with Gasteiger partial charge in [0.05, 0.1) is 18.1 Å². The number of ether oxygens (including phenoxy) is 1. The van der Waals surface area contributed by atoms with Crippen molar-refractivity contribution < 1.29 is 14.3 Å². The number of nitrogen functional groups attached to an aromatic ring is 1. The molecule has 1 amide bonds. The molecule has 0 aromatic carbocycles. The summed E-state index contributed by atoms with van der Waals surface area (Å²) in [4.78, 5) is 28.5. The largest absolute Gasteiger partial charge is 0.462 e. The van der Waals surface area contributed by atoms with E-state index in [1.165, 1.54) is 16.4 Å². The maximum atomic E-state index is 12.1. The number of hydrogen-bond acceptors (Lipinski definition) is 9. The number of nitrogens with one attached hydrogen (secondary N) is 1. The molecule has 9 nitrogen and oxygen atoms in total. The lowest BCUT2D eigenvalue weighted by Gasteiger charge is -2.03. The Kier molecular flexibility index (Phi) is 7.39. The minimum atomic E-state index is -0.437. The van der Waals surface area contributed by atoms with Crippen LogP contribution in [0.4, 0.5) is 5.13 Å². The molecule has 142 valence electrons. The zero-order valence-corrected chi connectivity index (χ0v) is 16.6. The van der Waals surface area contributed by atoms with Crippen molar-refractivity contribution in [3.8, 4) is 0 Å². The van der Waals surface area contributed by atoms with Gasteiger partial charge in [0.25, 0.3) is 0 Å². The topological polar surface area (TPSA) is 125 Å². The number of hydrogen-bond donors (Lipinski definition) is 2. The summed E-state index contributed by atoms with van der Waals surface area (Å²) in [6, 6.07) is 0. The fourth-order valence-corrected chi connectivity index (χ4v) is 3.58. The lowest BCUT2D eigenvalue weighted by molar-refractivity contribution is -0.113. The van der Waals surface area contributed by atoms with Crippen LogP contribution in [0.25, 0.3) is 0 Å². The summed E-state index contributed by atoms with van der Waals surface area (Å²) >= 11 is 2.28.